The lowest BCUT2D eigenvalue weighted by Crippen LogP contribution is -2.30. The fraction of sp³-hybridized carbons (Fsp3) is 0.556. The topological polar surface area (TPSA) is 67.2 Å². The summed E-state index contributed by atoms with van der Waals surface area (Å²) in [7, 11) is 0. The summed E-state index contributed by atoms with van der Waals surface area (Å²) in [5.74, 6) is -0.0401. The second kappa shape index (κ2) is 5.39. The monoisotopic (exact) mass is 197 g/mol. The Bertz CT molecular complexity index is 272. The van der Waals surface area contributed by atoms with Gasteiger partial charge in [0.2, 0.25) is 5.91 Å². The van der Waals surface area contributed by atoms with E-state index in [1.807, 2.05) is 13.8 Å². The number of amides is 1. The van der Waals surface area contributed by atoms with Gasteiger partial charge in [0, 0.05) is 12.5 Å². The molecule has 2 N–H and O–H groups in total. The van der Waals surface area contributed by atoms with Crippen LogP contribution in [-0.4, -0.2) is 23.7 Å². The molecule has 1 atom stereocenters. The Morgan fingerprint density at radius 3 is 3.07 bits per heavy atom. The standard InChI is InChI=1S/C9H15N3O2/c1-3-10-7(2)4-9(13)12-8-5-11-14-6-8/h5-7,10H,3-4H2,1-2H3,(H,12,13). The van der Waals surface area contributed by atoms with Crippen molar-refractivity contribution in [2.24, 2.45) is 0 Å². The second-order valence-corrected chi connectivity index (χ2v) is 3.12. The Kier molecular flexibility index (Phi) is 4.12. The normalized spacial score (nSPS) is 12.4. The van der Waals surface area contributed by atoms with E-state index in [1.165, 1.54) is 12.5 Å². The highest BCUT2D eigenvalue weighted by Crippen LogP contribution is 2.04. The van der Waals surface area contributed by atoms with Gasteiger partial charge in [-0.05, 0) is 13.5 Å². The van der Waals surface area contributed by atoms with Crippen LogP contribution < -0.4 is 10.6 Å². The van der Waals surface area contributed by atoms with Gasteiger partial charge < -0.3 is 15.2 Å². The number of aromatic nitrogens is 1. The average Bonchev–Trinajstić information content (AvgIpc) is 2.56. The van der Waals surface area contributed by atoms with E-state index in [0.717, 1.165) is 6.54 Å². The van der Waals surface area contributed by atoms with E-state index in [2.05, 4.69) is 20.3 Å². The maximum absolute atomic E-state index is 11.4. The molecule has 0 aliphatic rings. The van der Waals surface area contributed by atoms with Gasteiger partial charge in [0.1, 0.15) is 12.0 Å². The third-order valence-electron chi connectivity index (χ3n) is 1.76. The van der Waals surface area contributed by atoms with Crippen LogP contribution >= 0.6 is 0 Å². The molecule has 0 aliphatic heterocycles. The van der Waals surface area contributed by atoms with E-state index < -0.39 is 0 Å². The van der Waals surface area contributed by atoms with Crippen molar-refractivity contribution in [3.8, 4) is 0 Å². The van der Waals surface area contributed by atoms with E-state index in [4.69, 9.17) is 0 Å². The first-order chi connectivity index (χ1) is 6.72. The molecule has 1 heterocycles. The van der Waals surface area contributed by atoms with Gasteiger partial charge >= 0.3 is 0 Å². The lowest BCUT2D eigenvalue weighted by atomic mass is 10.2. The van der Waals surface area contributed by atoms with Gasteiger partial charge in [0.05, 0.1) is 6.20 Å². The lowest BCUT2D eigenvalue weighted by molar-refractivity contribution is -0.116. The molecule has 0 aliphatic carbocycles. The highest BCUT2D eigenvalue weighted by Gasteiger charge is 2.08. The Labute approximate surface area is 82.8 Å². The maximum atomic E-state index is 11.4. The van der Waals surface area contributed by atoms with Crippen molar-refractivity contribution in [1.82, 2.24) is 10.5 Å². The first-order valence-corrected chi connectivity index (χ1v) is 4.65. The van der Waals surface area contributed by atoms with Gasteiger partial charge in [-0.1, -0.05) is 12.1 Å². The quantitative estimate of drug-likeness (QED) is 0.739. The van der Waals surface area contributed by atoms with Crippen LogP contribution in [0.1, 0.15) is 20.3 Å². The van der Waals surface area contributed by atoms with Crippen LogP contribution in [0, 0.1) is 0 Å². The third-order valence-corrected chi connectivity index (χ3v) is 1.76. The molecule has 78 valence electrons. The summed E-state index contributed by atoms with van der Waals surface area (Å²) in [4.78, 5) is 11.4. The highest BCUT2D eigenvalue weighted by atomic mass is 16.5. The number of anilines is 1. The van der Waals surface area contributed by atoms with Crippen molar-refractivity contribution in [1.29, 1.82) is 0 Å². The zero-order chi connectivity index (χ0) is 10.4. The summed E-state index contributed by atoms with van der Waals surface area (Å²) < 4.78 is 4.59. The van der Waals surface area contributed by atoms with Crippen LogP contribution in [0.25, 0.3) is 0 Å². The van der Waals surface area contributed by atoms with Crippen molar-refractivity contribution in [3.63, 3.8) is 0 Å². The van der Waals surface area contributed by atoms with E-state index in [0.29, 0.717) is 12.1 Å². The molecule has 5 heteroatoms. The van der Waals surface area contributed by atoms with Crippen LogP contribution in [-0.2, 0) is 4.79 Å². The maximum Gasteiger partial charge on any atom is 0.226 e. The summed E-state index contributed by atoms with van der Waals surface area (Å²) in [6.07, 6.45) is 3.31. The molecule has 1 unspecified atom stereocenters. The number of carbonyl (C=O) groups excluding carboxylic acids is 1. The van der Waals surface area contributed by atoms with Crippen molar-refractivity contribution >= 4 is 11.6 Å². The summed E-state index contributed by atoms with van der Waals surface area (Å²) >= 11 is 0. The van der Waals surface area contributed by atoms with Crippen molar-refractivity contribution in [2.45, 2.75) is 26.3 Å². The molecule has 0 bridgehead atoms. The summed E-state index contributed by atoms with van der Waals surface area (Å²) in [6, 6.07) is 0.180. The van der Waals surface area contributed by atoms with E-state index >= 15 is 0 Å². The molecule has 1 aromatic rings. The van der Waals surface area contributed by atoms with Gasteiger partial charge in [-0.15, -0.1) is 0 Å². The molecule has 0 aromatic carbocycles. The zero-order valence-corrected chi connectivity index (χ0v) is 8.41. The molecule has 14 heavy (non-hydrogen) atoms. The largest absolute Gasteiger partial charge is 0.363 e. The number of hydrogen-bond acceptors (Lipinski definition) is 4. The SMILES string of the molecule is CCNC(C)CC(=O)Nc1cnoc1. The molecule has 0 spiro atoms. The van der Waals surface area contributed by atoms with Crippen LogP contribution in [0.15, 0.2) is 17.0 Å². The molecule has 1 amide bonds. The first kappa shape index (κ1) is 10.7. The minimum Gasteiger partial charge on any atom is -0.363 e. The Morgan fingerprint density at radius 1 is 1.71 bits per heavy atom. The lowest BCUT2D eigenvalue weighted by Gasteiger charge is -2.10. The number of nitrogens with zero attached hydrogens (tertiary/aromatic N) is 1. The third kappa shape index (κ3) is 3.57. The summed E-state index contributed by atoms with van der Waals surface area (Å²) in [6.45, 7) is 4.84. The Balaban J connectivity index is 2.29. The Hall–Kier alpha value is -1.36. The van der Waals surface area contributed by atoms with Crippen molar-refractivity contribution < 1.29 is 9.32 Å². The fourth-order valence-electron chi connectivity index (χ4n) is 1.18. The van der Waals surface area contributed by atoms with E-state index in [1.54, 1.807) is 0 Å². The predicted molar refractivity (Wildman–Crippen MR) is 52.9 cm³/mol. The number of rotatable bonds is 5. The predicted octanol–water partition coefficient (Wildman–Crippen LogP) is 1.00. The fourth-order valence-corrected chi connectivity index (χ4v) is 1.18. The molecular formula is C9H15N3O2. The van der Waals surface area contributed by atoms with Gasteiger partial charge in [-0.2, -0.15) is 0 Å². The first-order valence-electron chi connectivity index (χ1n) is 4.65. The molecule has 5 nitrogen and oxygen atoms in total. The van der Waals surface area contributed by atoms with Crippen LogP contribution in [0.5, 0.6) is 0 Å². The molecule has 0 saturated carbocycles. The van der Waals surface area contributed by atoms with Gasteiger partial charge in [0.25, 0.3) is 0 Å². The van der Waals surface area contributed by atoms with Gasteiger partial charge in [0.15, 0.2) is 0 Å². The van der Waals surface area contributed by atoms with Crippen LogP contribution in [0.2, 0.25) is 0 Å². The smallest absolute Gasteiger partial charge is 0.226 e. The van der Waals surface area contributed by atoms with Crippen molar-refractivity contribution in [3.05, 3.63) is 12.5 Å². The Morgan fingerprint density at radius 2 is 2.50 bits per heavy atom. The molecular weight excluding hydrogens is 182 g/mol. The van der Waals surface area contributed by atoms with Gasteiger partial charge in [-0.25, -0.2) is 0 Å². The summed E-state index contributed by atoms with van der Waals surface area (Å²) in [5.41, 5.74) is 0.596. The molecule has 1 aromatic heterocycles. The highest BCUT2D eigenvalue weighted by molar-refractivity contribution is 5.90. The number of hydrogen-bond donors (Lipinski definition) is 2. The average molecular weight is 197 g/mol. The number of nitrogens with one attached hydrogen (secondary N) is 2. The second-order valence-electron chi connectivity index (χ2n) is 3.12. The van der Waals surface area contributed by atoms with E-state index in [-0.39, 0.29) is 11.9 Å². The molecule has 1 rings (SSSR count). The molecule has 0 saturated heterocycles. The summed E-state index contributed by atoms with van der Waals surface area (Å²) in [5, 5.41) is 9.32. The minimum absolute atomic E-state index is 0.0401. The molecule has 0 radical (unpaired) electrons. The zero-order valence-electron chi connectivity index (χ0n) is 8.41. The van der Waals surface area contributed by atoms with Crippen LogP contribution in [0.4, 0.5) is 5.69 Å². The van der Waals surface area contributed by atoms with E-state index in [9.17, 15) is 4.79 Å². The molecule has 0 fully saturated rings. The van der Waals surface area contributed by atoms with Gasteiger partial charge in [-0.3, -0.25) is 4.79 Å². The number of carbonyl (C=O) groups is 1. The van der Waals surface area contributed by atoms with Crippen molar-refractivity contribution in [2.75, 3.05) is 11.9 Å². The minimum atomic E-state index is -0.0401. The van der Waals surface area contributed by atoms with Crippen LogP contribution in [0.3, 0.4) is 0 Å².